The zero-order chi connectivity index (χ0) is 29.1. The number of rotatable bonds is 2. The molecule has 2 aromatic rings. The van der Waals surface area contributed by atoms with Gasteiger partial charge in [0.2, 0.25) is 0 Å². The molecule has 5 aliphatic carbocycles. The van der Waals surface area contributed by atoms with Crippen LogP contribution in [0.15, 0.2) is 42.5 Å². The minimum absolute atomic E-state index is 0.00374. The summed E-state index contributed by atoms with van der Waals surface area (Å²) in [5.41, 5.74) is 3.82. The molecule has 7 atom stereocenters. The maximum Gasteiger partial charge on any atom is 0.171 e. The molecular formula is C37H46O5. The van der Waals surface area contributed by atoms with E-state index in [-0.39, 0.29) is 16.2 Å². The van der Waals surface area contributed by atoms with Crippen molar-refractivity contribution in [1.82, 2.24) is 0 Å². The van der Waals surface area contributed by atoms with E-state index in [4.69, 9.17) is 14.2 Å². The summed E-state index contributed by atoms with van der Waals surface area (Å²) in [5.74, 6) is 2.24. The van der Waals surface area contributed by atoms with Gasteiger partial charge in [0.25, 0.3) is 0 Å². The van der Waals surface area contributed by atoms with Crippen molar-refractivity contribution in [1.29, 1.82) is 0 Å². The molecule has 5 fully saturated rings. The van der Waals surface area contributed by atoms with Crippen LogP contribution in [-0.2, 0) is 20.7 Å². The van der Waals surface area contributed by atoms with E-state index in [1.807, 2.05) is 12.1 Å². The Kier molecular flexibility index (Phi) is 5.81. The third-order valence-electron chi connectivity index (χ3n) is 13.1. The first kappa shape index (κ1) is 27.3. The van der Waals surface area contributed by atoms with E-state index in [1.54, 1.807) is 7.11 Å². The Labute approximate surface area is 250 Å². The fourth-order valence-corrected chi connectivity index (χ4v) is 11.0. The van der Waals surface area contributed by atoms with E-state index in [2.05, 4.69) is 51.1 Å². The third-order valence-corrected chi connectivity index (χ3v) is 13.1. The van der Waals surface area contributed by atoms with Crippen molar-refractivity contribution in [2.45, 2.75) is 95.9 Å². The number of Topliss-reactive ketones (excluding diaryl/α,β-unsaturated/α-hetero) is 1. The number of benzene rings is 2. The lowest BCUT2D eigenvalue weighted by atomic mass is 9.37. The first-order valence-corrected chi connectivity index (χ1v) is 16.3. The predicted octanol–water partition coefficient (Wildman–Crippen LogP) is 7.09. The van der Waals surface area contributed by atoms with Gasteiger partial charge < -0.3 is 19.3 Å². The second-order valence-corrected chi connectivity index (χ2v) is 15.9. The first-order chi connectivity index (χ1) is 20.0. The van der Waals surface area contributed by atoms with Gasteiger partial charge in [-0.25, -0.2) is 0 Å². The van der Waals surface area contributed by atoms with Crippen LogP contribution in [-0.4, -0.2) is 42.6 Å². The van der Waals surface area contributed by atoms with Gasteiger partial charge >= 0.3 is 0 Å². The number of methoxy groups -OCH3 is 1. The van der Waals surface area contributed by atoms with Crippen LogP contribution >= 0.6 is 0 Å². The molecule has 5 nitrogen and oxygen atoms in total. The number of ether oxygens (including phenoxy) is 3. The SMILES string of the molecule is COc1ccc(-c2ccc3c(c2)C[C@]24CCC5(C[C@]2(O)CC[C@@H]2C4C3C[C@]3(C)C(=O)CC[C@@H]23)OCC(C)(C)CO5)cc1. The fourth-order valence-electron chi connectivity index (χ4n) is 11.0. The monoisotopic (exact) mass is 570 g/mol. The van der Waals surface area contributed by atoms with Crippen LogP contribution in [0.1, 0.15) is 89.2 Å². The van der Waals surface area contributed by atoms with Crippen molar-refractivity contribution in [2.75, 3.05) is 20.3 Å². The van der Waals surface area contributed by atoms with Crippen molar-refractivity contribution < 1.29 is 24.1 Å². The third kappa shape index (κ3) is 3.69. The minimum atomic E-state index is -0.851. The lowest BCUT2D eigenvalue weighted by molar-refractivity contribution is -0.357. The van der Waals surface area contributed by atoms with Crippen molar-refractivity contribution in [3.63, 3.8) is 0 Å². The molecule has 8 rings (SSSR count). The Morgan fingerprint density at radius 3 is 2.40 bits per heavy atom. The Hall–Kier alpha value is -2.21. The van der Waals surface area contributed by atoms with Crippen molar-refractivity contribution in [2.24, 2.45) is 34.0 Å². The number of carbonyl (C=O) groups is 1. The number of hydrogen-bond acceptors (Lipinski definition) is 5. The summed E-state index contributed by atoms with van der Waals surface area (Å²) in [4.78, 5) is 13.5. The number of aliphatic hydroxyl groups is 1. The van der Waals surface area contributed by atoms with Gasteiger partial charge in [-0.1, -0.05) is 51.1 Å². The molecule has 0 aromatic heterocycles. The average molecular weight is 571 g/mol. The average Bonchev–Trinajstić information content (AvgIpc) is 3.28. The quantitative estimate of drug-likeness (QED) is 0.418. The van der Waals surface area contributed by atoms with E-state index in [9.17, 15) is 9.90 Å². The molecule has 0 amide bonds. The second-order valence-electron chi connectivity index (χ2n) is 15.9. The van der Waals surface area contributed by atoms with Gasteiger partial charge in [0.15, 0.2) is 5.79 Å². The highest BCUT2D eigenvalue weighted by molar-refractivity contribution is 5.87. The predicted molar refractivity (Wildman–Crippen MR) is 161 cm³/mol. The largest absolute Gasteiger partial charge is 0.497 e. The molecule has 2 spiro atoms. The van der Waals surface area contributed by atoms with Gasteiger partial charge in [0, 0.05) is 35.5 Å². The Morgan fingerprint density at radius 1 is 0.929 bits per heavy atom. The van der Waals surface area contributed by atoms with Gasteiger partial charge in [-0.15, -0.1) is 0 Å². The van der Waals surface area contributed by atoms with E-state index in [0.29, 0.717) is 49.1 Å². The van der Waals surface area contributed by atoms with Crippen LogP contribution in [0.5, 0.6) is 5.75 Å². The molecule has 4 saturated carbocycles. The van der Waals surface area contributed by atoms with Gasteiger partial charge in [-0.3, -0.25) is 4.79 Å². The lowest BCUT2D eigenvalue weighted by Gasteiger charge is -2.69. The molecule has 0 bridgehead atoms. The fraction of sp³-hybridized carbons (Fsp3) is 0.649. The molecule has 2 unspecified atom stereocenters. The number of hydrogen-bond donors (Lipinski definition) is 1. The molecule has 224 valence electrons. The van der Waals surface area contributed by atoms with Gasteiger partial charge in [0.1, 0.15) is 11.5 Å². The first-order valence-electron chi connectivity index (χ1n) is 16.3. The molecule has 1 N–H and O–H groups in total. The Bertz CT molecular complexity index is 1420. The van der Waals surface area contributed by atoms with E-state index < -0.39 is 11.4 Å². The molecule has 42 heavy (non-hydrogen) atoms. The molecule has 5 heteroatoms. The highest BCUT2D eigenvalue weighted by atomic mass is 16.7. The van der Waals surface area contributed by atoms with Gasteiger partial charge in [0.05, 0.1) is 25.9 Å². The van der Waals surface area contributed by atoms with E-state index in [1.165, 1.54) is 22.3 Å². The van der Waals surface area contributed by atoms with Crippen LogP contribution in [0.3, 0.4) is 0 Å². The molecule has 1 aliphatic heterocycles. The Morgan fingerprint density at radius 2 is 1.67 bits per heavy atom. The zero-order valence-electron chi connectivity index (χ0n) is 25.7. The standard InChI is InChI=1S/C37H46O5/c1-33(2)21-41-37(42-22-33)16-15-35-18-25-17-24(23-5-8-26(40-4)9-6-23)7-10-27(25)29-19-34(3)30(11-12-31(34)38)28(32(29)35)13-14-36(35,39)20-37/h5-10,17,28-30,32,39H,11-16,18-22H2,1-4H3/t28-,29?,30-,32?,34-,35-,36+/m0/s1. The smallest absolute Gasteiger partial charge is 0.171 e. The lowest BCUT2D eigenvalue weighted by Crippen LogP contribution is -2.70. The van der Waals surface area contributed by atoms with E-state index >= 15 is 0 Å². The molecule has 6 aliphatic rings. The molecular weight excluding hydrogens is 524 g/mol. The maximum atomic E-state index is 13.5. The summed E-state index contributed by atoms with van der Waals surface area (Å²) in [7, 11) is 1.70. The summed E-state index contributed by atoms with van der Waals surface area (Å²) in [6, 6.07) is 15.3. The van der Waals surface area contributed by atoms with Crippen molar-refractivity contribution in [3.8, 4) is 16.9 Å². The van der Waals surface area contributed by atoms with Crippen molar-refractivity contribution in [3.05, 3.63) is 53.6 Å². The maximum absolute atomic E-state index is 13.5. The topological polar surface area (TPSA) is 65.0 Å². The summed E-state index contributed by atoms with van der Waals surface area (Å²) >= 11 is 0. The Balaban J connectivity index is 1.24. The van der Waals surface area contributed by atoms with Crippen LogP contribution in [0, 0.1) is 34.0 Å². The summed E-state index contributed by atoms with van der Waals surface area (Å²) < 4.78 is 18.5. The minimum Gasteiger partial charge on any atom is -0.497 e. The van der Waals surface area contributed by atoms with Crippen LogP contribution < -0.4 is 4.74 Å². The summed E-state index contributed by atoms with van der Waals surface area (Å²) in [6.07, 6.45) is 7.60. The number of fused-ring (bicyclic) bond motifs is 4. The van der Waals surface area contributed by atoms with Crippen LogP contribution in [0.25, 0.3) is 11.1 Å². The van der Waals surface area contributed by atoms with E-state index in [0.717, 1.165) is 57.1 Å². The van der Waals surface area contributed by atoms with Crippen molar-refractivity contribution >= 4 is 5.78 Å². The van der Waals surface area contributed by atoms with Gasteiger partial charge in [-0.2, -0.15) is 0 Å². The summed E-state index contributed by atoms with van der Waals surface area (Å²) in [6.45, 7) is 7.99. The van der Waals surface area contributed by atoms with Crippen LogP contribution in [0.4, 0.5) is 0 Å². The summed E-state index contributed by atoms with van der Waals surface area (Å²) in [5, 5.41) is 13.0. The normalized spacial score (nSPS) is 40.9. The van der Waals surface area contributed by atoms with Gasteiger partial charge in [-0.05, 0) is 96.6 Å². The second kappa shape index (κ2) is 8.92. The molecule has 0 radical (unpaired) electrons. The highest BCUT2D eigenvalue weighted by Gasteiger charge is 2.72. The number of ketones is 1. The molecule has 1 saturated heterocycles. The zero-order valence-corrected chi connectivity index (χ0v) is 25.7. The number of carbonyl (C=O) groups excluding carboxylic acids is 1. The molecule has 1 heterocycles. The highest BCUT2D eigenvalue weighted by Crippen LogP contribution is 2.73. The van der Waals surface area contributed by atoms with Crippen LogP contribution in [0.2, 0.25) is 0 Å². The molecule has 2 aromatic carbocycles.